The fourth-order valence-electron chi connectivity index (χ4n) is 5.59. The molecule has 0 radical (unpaired) electrons. The number of fused-ring (bicyclic) bond motifs is 3. The summed E-state index contributed by atoms with van der Waals surface area (Å²) in [4.78, 5) is 7.51. The molecule has 1 N–H and O–H groups in total. The lowest BCUT2D eigenvalue weighted by molar-refractivity contribution is 0.0803. The Hall–Kier alpha value is -2.51. The molecular weight excluding hydrogens is 451 g/mol. The minimum absolute atomic E-state index is 0.0670. The summed E-state index contributed by atoms with van der Waals surface area (Å²) in [6.07, 6.45) is 1.86. The van der Waals surface area contributed by atoms with Crippen LogP contribution in [0.5, 0.6) is 5.75 Å². The van der Waals surface area contributed by atoms with E-state index in [1.54, 1.807) is 0 Å². The maximum absolute atomic E-state index is 15.5. The van der Waals surface area contributed by atoms with Gasteiger partial charge >= 0.3 is 0 Å². The van der Waals surface area contributed by atoms with Gasteiger partial charge in [-0.1, -0.05) is 31.5 Å². The summed E-state index contributed by atoms with van der Waals surface area (Å²) in [6.45, 7) is 8.98. The Labute approximate surface area is 205 Å². The number of H-pyrrole nitrogens is 1. The highest BCUT2D eigenvalue weighted by Crippen LogP contribution is 2.41. The van der Waals surface area contributed by atoms with Gasteiger partial charge in [0.25, 0.3) is 0 Å². The molecule has 3 aromatic rings. The van der Waals surface area contributed by atoms with Crippen LogP contribution in [-0.4, -0.2) is 59.8 Å². The molecule has 0 spiro atoms. The van der Waals surface area contributed by atoms with E-state index in [0.29, 0.717) is 19.6 Å². The van der Waals surface area contributed by atoms with E-state index in [9.17, 15) is 4.39 Å². The van der Waals surface area contributed by atoms with E-state index in [1.807, 2.05) is 29.2 Å². The molecule has 1 saturated heterocycles. The molecule has 3 heterocycles. The van der Waals surface area contributed by atoms with Gasteiger partial charge in [-0.05, 0) is 37.8 Å². The summed E-state index contributed by atoms with van der Waals surface area (Å²) in [5, 5.41) is 1.05. The number of nitrogens with one attached hydrogen (secondary N) is 1. The predicted molar refractivity (Wildman–Crippen MR) is 133 cm³/mol. The lowest BCUT2D eigenvalue weighted by Crippen LogP contribution is -2.47. The van der Waals surface area contributed by atoms with Gasteiger partial charge in [-0.2, -0.15) is 0 Å². The second kappa shape index (κ2) is 9.51. The summed E-state index contributed by atoms with van der Waals surface area (Å²) in [5.41, 5.74) is 1.11. The number of hydrogen-bond donors (Lipinski definition) is 1. The van der Waals surface area contributed by atoms with Crippen LogP contribution in [-0.2, 0) is 6.42 Å². The lowest BCUT2D eigenvalue weighted by Gasteiger charge is -2.39. The number of rotatable bonds is 8. The van der Waals surface area contributed by atoms with E-state index in [2.05, 4.69) is 16.8 Å². The lowest BCUT2D eigenvalue weighted by atomic mass is 9.90. The third-order valence-corrected chi connectivity index (χ3v) is 7.33. The van der Waals surface area contributed by atoms with Crippen molar-refractivity contribution in [2.45, 2.75) is 45.3 Å². The summed E-state index contributed by atoms with van der Waals surface area (Å²) >= 11 is 0. The molecule has 188 valence electrons. The van der Waals surface area contributed by atoms with E-state index < -0.39 is 23.3 Å². The van der Waals surface area contributed by atoms with Gasteiger partial charge in [0, 0.05) is 67.0 Å². The van der Waals surface area contributed by atoms with Crippen molar-refractivity contribution in [3.63, 3.8) is 0 Å². The maximum atomic E-state index is 15.5. The number of aromatic nitrogens is 1. The third-order valence-electron chi connectivity index (χ3n) is 7.33. The van der Waals surface area contributed by atoms with Gasteiger partial charge in [0.05, 0.1) is 6.04 Å². The van der Waals surface area contributed by atoms with Gasteiger partial charge in [0.15, 0.2) is 0 Å². The predicted octanol–water partition coefficient (Wildman–Crippen LogP) is 5.86. The van der Waals surface area contributed by atoms with Crippen molar-refractivity contribution < 1.29 is 17.9 Å². The molecule has 1 atom stereocenters. The fraction of sp³-hybridized carbons (Fsp3) is 0.500. The van der Waals surface area contributed by atoms with Crippen molar-refractivity contribution in [2.75, 3.05) is 39.3 Å². The molecule has 0 amide bonds. The molecule has 0 bridgehead atoms. The van der Waals surface area contributed by atoms with Crippen LogP contribution in [0, 0.1) is 17.6 Å². The second-order valence-corrected chi connectivity index (χ2v) is 10.6. The number of nitrogens with zero attached hydrogens (tertiary/aromatic N) is 2. The van der Waals surface area contributed by atoms with E-state index in [-0.39, 0.29) is 17.9 Å². The Kier molecular flexibility index (Phi) is 6.57. The quantitative estimate of drug-likeness (QED) is 0.434. The largest absolute Gasteiger partial charge is 0.492 e. The van der Waals surface area contributed by atoms with Crippen LogP contribution in [0.15, 0.2) is 36.4 Å². The summed E-state index contributed by atoms with van der Waals surface area (Å²) < 4.78 is 51.5. The minimum Gasteiger partial charge on any atom is -0.492 e. The molecule has 1 aromatic heterocycles. The highest BCUT2D eigenvalue weighted by Gasteiger charge is 2.38. The Morgan fingerprint density at radius 3 is 2.51 bits per heavy atom. The standard InChI is InChI=1S/C28H34F3N3O/c1-4-18-15-33(16-18)11-12-35-19-13-22(29)25(23(30)14-19)27-26-21(9-10-34(27)17-28(2,3)31)20-7-5-6-8-24(20)32-26/h5-8,13-14,18,27,32H,4,9-12,15-17H2,1-3H3/t27-/m0/s1. The Morgan fingerprint density at radius 2 is 1.83 bits per heavy atom. The topological polar surface area (TPSA) is 31.5 Å². The van der Waals surface area contributed by atoms with Gasteiger partial charge in [-0.3, -0.25) is 9.80 Å². The number of aromatic amines is 1. The molecular formula is C28H34F3N3O. The molecule has 4 nitrogen and oxygen atoms in total. The van der Waals surface area contributed by atoms with Crippen LogP contribution in [0.3, 0.4) is 0 Å². The molecule has 0 aliphatic carbocycles. The van der Waals surface area contributed by atoms with Crippen molar-refractivity contribution in [1.29, 1.82) is 0 Å². The number of para-hydroxylation sites is 1. The molecule has 0 unspecified atom stereocenters. The zero-order chi connectivity index (χ0) is 24.7. The zero-order valence-electron chi connectivity index (χ0n) is 20.7. The Bertz CT molecular complexity index is 1170. The third kappa shape index (κ3) is 4.94. The Balaban J connectivity index is 1.44. The molecule has 5 rings (SSSR count). The smallest absolute Gasteiger partial charge is 0.135 e. The van der Waals surface area contributed by atoms with E-state index in [1.165, 1.54) is 32.4 Å². The highest BCUT2D eigenvalue weighted by molar-refractivity contribution is 5.85. The molecule has 35 heavy (non-hydrogen) atoms. The van der Waals surface area contributed by atoms with Crippen LogP contribution in [0.2, 0.25) is 0 Å². The van der Waals surface area contributed by atoms with Crippen molar-refractivity contribution in [1.82, 2.24) is 14.8 Å². The first-order chi connectivity index (χ1) is 16.7. The average molecular weight is 486 g/mol. The first-order valence-electron chi connectivity index (χ1n) is 12.6. The normalized spacial score (nSPS) is 19.7. The summed E-state index contributed by atoms with van der Waals surface area (Å²) in [7, 11) is 0. The van der Waals surface area contributed by atoms with Crippen LogP contribution in [0.25, 0.3) is 10.9 Å². The van der Waals surface area contributed by atoms with E-state index >= 15 is 8.78 Å². The number of benzene rings is 2. The van der Waals surface area contributed by atoms with Crippen molar-refractivity contribution in [2.24, 2.45) is 5.92 Å². The van der Waals surface area contributed by atoms with Crippen LogP contribution in [0.1, 0.15) is 50.1 Å². The van der Waals surface area contributed by atoms with Crippen LogP contribution >= 0.6 is 0 Å². The first-order valence-corrected chi connectivity index (χ1v) is 12.6. The van der Waals surface area contributed by atoms with Gasteiger partial charge in [0.1, 0.15) is 29.7 Å². The van der Waals surface area contributed by atoms with Crippen molar-refractivity contribution >= 4 is 10.9 Å². The Morgan fingerprint density at radius 1 is 1.11 bits per heavy atom. The molecule has 7 heteroatoms. The number of alkyl halides is 1. The molecule has 2 aliphatic heterocycles. The zero-order valence-corrected chi connectivity index (χ0v) is 20.7. The molecule has 1 fully saturated rings. The monoisotopic (exact) mass is 485 g/mol. The van der Waals surface area contributed by atoms with Gasteiger partial charge < -0.3 is 9.72 Å². The first kappa shape index (κ1) is 24.2. The summed E-state index contributed by atoms with van der Waals surface area (Å²) in [6, 6.07) is 9.63. The number of hydrogen-bond acceptors (Lipinski definition) is 3. The number of halogens is 3. The van der Waals surface area contributed by atoms with Gasteiger partial charge in [-0.25, -0.2) is 13.2 Å². The number of ether oxygens (including phenoxy) is 1. The highest BCUT2D eigenvalue weighted by atomic mass is 19.1. The van der Waals surface area contributed by atoms with Gasteiger partial charge in [0.2, 0.25) is 0 Å². The average Bonchev–Trinajstić information content (AvgIpc) is 3.14. The van der Waals surface area contributed by atoms with Crippen LogP contribution in [0.4, 0.5) is 13.2 Å². The molecule has 2 aliphatic rings. The summed E-state index contributed by atoms with van der Waals surface area (Å²) in [5.74, 6) is -0.422. The molecule has 2 aromatic carbocycles. The minimum atomic E-state index is -1.51. The van der Waals surface area contributed by atoms with Gasteiger partial charge in [-0.15, -0.1) is 0 Å². The number of likely N-dealkylation sites (tertiary alicyclic amines) is 1. The maximum Gasteiger partial charge on any atom is 0.135 e. The molecule has 0 saturated carbocycles. The van der Waals surface area contributed by atoms with Crippen LogP contribution < -0.4 is 4.74 Å². The SMILES string of the molecule is CCC1CN(CCOc2cc(F)c([C@H]3c4[nH]c5ccccc5c4CCN3CC(C)(C)F)c(F)c2)C1. The van der Waals surface area contributed by atoms with E-state index in [4.69, 9.17) is 4.74 Å². The fourth-order valence-corrected chi connectivity index (χ4v) is 5.59. The van der Waals surface area contributed by atoms with Crippen molar-refractivity contribution in [3.05, 3.63) is 64.9 Å². The second-order valence-electron chi connectivity index (χ2n) is 10.6. The van der Waals surface area contributed by atoms with Crippen molar-refractivity contribution in [3.8, 4) is 5.75 Å². The van der Waals surface area contributed by atoms with E-state index in [0.717, 1.165) is 47.7 Å².